The van der Waals surface area contributed by atoms with Crippen molar-refractivity contribution in [2.24, 2.45) is 0 Å². The maximum atomic E-state index is 13.6. The zero-order chi connectivity index (χ0) is 26.6. The summed E-state index contributed by atoms with van der Waals surface area (Å²) < 4.78 is 45.6. The molecule has 0 saturated heterocycles. The van der Waals surface area contributed by atoms with Crippen molar-refractivity contribution < 1.29 is 22.7 Å². The van der Waals surface area contributed by atoms with Crippen LogP contribution in [0.2, 0.25) is 0 Å². The maximum Gasteiger partial charge on any atom is 0.416 e. The van der Waals surface area contributed by atoms with E-state index in [2.05, 4.69) is 20.8 Å². The molecule has 0 spiro atoms. The normalized spacial score (nSPS) is 11.5. The van der Waals surface area contributed by atoms with Crippen molar-refractivity contribution in [2.75, 3.05) is 44.9 Å². The minimum absolute atomic E-state index is 0.233. The van der Waals surface area contributed by atoms with Gasteiger partial charge in [-0.2, -0.15) is 13.2 Å². The molecule has 2 N–H and O–H groups in total. The Hall–Kier alpha value is -4.18. The molecular weight excluding hydrogens is 483 g/mol. The van der Waals surface area contributed by atoms with Crippen molar-refractivity contribution in [3.63, 3.8) is 0 Å². The molecule has 0 aliphatic carbocycles. The number of anilines is 3. The molecule has 0 atom stereocenters. The standard InChI is InChI=1S/C27H26F3N5O2/c1-35(2)13-12-31-20-14-19(27(28,29)30)15-21(16-20)32-25-23-7-5-4-6-22(23)24(33-34-25)17-8-10-18(11-9-17)26(36)37-3/h4-11,14-16,31H,12-13H2,1-3H3,(H,32,34). The average molecular weight is 510 g/mol. The van der Waals surface area contributed by atoms with Gasteiger partial charge in [-0.1, -0.05) is 36.4 Å². The number of hydrogen-bond donors (Lipinski definition) is 2. The maximum absolute atomic E-state index is 13.6. The van der Waals surface area contributed by atoms with Crippen LogP contribution in [0, 0.1) is 0 Å². The van der Waals surface area contributed by atoms with Gasteiger partial charge < -0.3 is 20.3 Å². The number of alkyl halides is 3. The summed E-state index contributed by atoms with van der Waals surface area (Å²) in [5.74, 6) is -0.122. The zero-order valence-corrected chi connectivity index (χ0v) is 20.6. The SMILES string of the molecule is COC(=O)c1ccc(-c2nnc(Nc3cc(NCCN(C)C)cc(C(F)(F)F)c3)c3ccccc23)cc1. The van der Waals surface area contributed by atoms with E-state index in [9.17, 15) is 18.0 Å². The van der Waals surface area contributed by atoms with Gasteiger partial charge in [-0.25, -0.2) is 4.79 Å². The lowest BCUT2D eigenvalue weighted by Crippen LogP contribution is -2.21. The summed E-state index contributed by atoms with van der Waals surface area (Å²) in [4.78, 5) is 13.7. The van der Waals surface area contributed by atoms with Crippen molar-refractivity contribution in [1.82, 2.24) is 15.1 Å². The Bertz CT molecular complexity index is 1410. The second kappa shape index (κ2) is 10.8. The van der Waals surface area contributed by atoms with E-state index in [1.54, 1.807) is 30.3 Å². The van der Waals surface area contributed by atoms with Gasteiger partial charge in [0.1, 0.15) is 5.69 Å². The van der Waals surface area contributed by atoms with Crippen molar-refractivity contribution in [3.05, 3.63) is 77.9 Å². The van der Waals surface area contributed by atoms with Gasteiger partial charge in [-0.15, -0.1) is 10.2 Å². The number of hydrogen-bond acceptors (Lipinski definition) is 7. The van der Waals surface area contributed by atoms with E-state index in [4.69, 9.17) is 4.74 Å². The van der Waals surface area contributed by atoms with E-state index < -0.39 is 17.7 Å². The number of rotatable bonds is 8. The number of likely N-dealkylation sites (N-methyl/N-ethyl adjacent to an activating group) is 1. The molecule has 0 unspecified atom stereocenters. The summed E-state index contributed by atoms with van der Waals surface area (Å²) in [5, 5.41) is 16.2. The van der Waals surface area contributed by atoms with Crippen LogP contribution in [0.15, 0.2) is 66.7 Å². The van der Waals surface area contributed by atoms with Crippen LogP contribution in [0.5, 0.6) is 0 Å². The third-order valence-corrected chi connectivity index (χ3v) is 5.68. The van der Waals surface area contributed by atoms with Crippen LogP contribution >= 0.6 is 0 Å². The number of nitrogens with one attached hydrogen (secondary N) is 2. The summed E-state index contributed by atoms with van der Waals surface area (Å²) in [6, 6.07) is 17.9. The van der Waals surface area contributed by atoms with Gasteiger partial charge in [0.05, 0.1) is 18.2 Å². The first-order valence-electron chi connectivity index (χ1n) is 11.5. The smallest absolute Gasteiger partial charge is 0.416 e. The molecule has 0 aliphatic heterocycles. The molecule has 0 saturated carbocycles. The highest BCUT2D eigenvalue weighted by atomic mass is 19.4. The van der Waals surface area contributed by atoms with E-state index in [1.807, 2.05) is 43.3 Å². The highest BCUT2D eigenvalue weighted by molar-refractivity contribution is 6.01. The summed E-state index contributed by atoms with van der Waals surface area (Å²) in [5.41, 5.74) is 1.52. The molecule has 0 aliphatic rings. The molecule has 0 amide bonds. The summed E-state index contributed by atoms with van der Waals surface area (Å²) in [6.45, 7) is 1.15. The second-order valence-corrected chi connectivity index (χ2v) is 8.66. The topological polar surface area (TPSA) is 79.4 Å². The number of fused-ring (bicyclic) bond motifs is 1. The number of carbonyl (C=O) groups is 1. The Morgan fingerprint density at radius 3 is 2.27 bits per heavy atom. The fourth-order valence-electron chi connectivity index (χ4n) is 3.82. The molecule has 4 rings (SSSR count). The van der Waals surface area contributed by atoms with Gasteiger partial charge >= 0.3 is 12.1 Å². The number of benzene rings is 3. The van der Waals surface area contributed by atoms with E-state index in [0.717, 1.165) is 23.1 Å². The van der Waals surface area contributed by atoms with E-state index in [-0.39, 0.29) is 5.69 Å². The number of halogens is 3. The Morgan fingerprint density at radius 1 is 0.946 bits per heavy atom. The Kier molecular flexibility index (Phi) is 7.58. The van der Waals surface area contributed by atoms with Crippen LogP contribution < -0.4 is 10.6 Å². The monoisotopic (exact) mass is 509 g/mol. The first kappa shape index (κ1) is 25.9. The lowest BCUT2D eigenvalue weighted by Gasteiger charge is -2.16. The molecule has 0 radical (unpaired) electrons. The third-order valence-electron chi connectivity index (χ3n) is 5.68. The molecule has 1 heterocycles. The fraction of sp³-hybridized carbons (Fsp3) is 0.222. The zero-order valence-electron chi connectivity index (χ0n) is 20.6. The van der Waals surface area contributed by atoms with Gasteiger partial charge in [0.2, 0.25) is 0 Å². The first-order chi connectivity index (χ1) is 17.7. The van der Waals surface area contributed by atoms with Crippen LogP contribution in [0.3, 0.4) is 0 Å². The number of esters is 1. The van der Waals surface area contributed by atoms with Crippen LogP contribution in [-0.4, -0.2) is 55.4 Å². The van der Waals surface area contributed by atoms with Gasteiger partial charge in [0, 0.05) is 40.8 Å². The molecule has 10 heteroatoms. The van der Waals surface area contributed by atoms with Crippen LogP contribution in [0.25, 0.3) is 22.0 Å². The van der Waals surface area contributed by atoms with Crippen LogP contribution in [-0.2, 0) is 10.9 Å². The minimum atomic E-state index is -4.51. The lowest BCUT2D eigenvalue weighted by atomic mass is 10.0. The van der Waals surface area contributed by atoms with E-state index in [0.29, 0.717) is 41.2 Å². The highest BCUT2D eigenvalue weighted by Gasteiger charge is 2.31. The third kappa shape index (κ3) is 6.15. The molecule has 7 nitrogen and oxygen atoms in total. The van der Waals surface area contributed by atoms with Gasteiger partial charge in [-0.3, -0.25) is 0 Å². The Morgan fingerprint density at radius 2 is 1.62 bits per heavy atom. The number of carbonyl (C=O) groups excluding carboxylic acids is 1. The number of methoxy groups -OCH3 is 1. The largest absolute Gasteiger partial charge is 0.465 e. The highest BCUT2D eigenvalue weighted by Crippen LogP contribution is 2.36. The van der Waals surface area contributed by atoms with Crippen molar-refractivity contribution in [2.45, 2.75) is 6.18 Å². The summed E-state index contributed by atoms with van der Waals surface area (Å²) >= 11 is 0. The van der Waals surface area contributed by atoms with Crippen molar-refractivity contribution in [1.29, 1.82) is 0 Å². The van der Waals surface area contributed by atoms with Crippen molar-refractivity contribution in [3.8, 4) is 11.3 Å². The van der Waals surface area contributed by atoms with E-state index in [1.165, 1.54) is 7.11 Å². The molecule has 37 heavy (non-hydrogen) atoms. The Balaban J connectivity index is 1.70. The summed E-state index contributed by atoms with van der Waals surface area (Å²) in [7, 11) is 5.09. The number of nitrogens with zero attached hydrogens (tertiary/aromatic N) is 3. The summed E-state index contributed by atoms with van der Waals surface area (Å²) in [6.07, 6.45) is -4.51. The van der Waals surface area contributed by atoms with Crippen molar-refractivity contribution >= 4 is 33.9 Å². The van der Waals surface area contributed by atoms with Crippen LogP contribution in [0.1, 0.15) is 15.9 Å². The molecule has 192 valence electrons. The molecule has 1 aromatic heterocycles. The quantitative estimate of drug-likeness (QED) is 0.290. The van der Waals surface area contributed by atoms with Gasteiger partial charge in [-0.05, 0) is 44.4 Å². The van der Waals surface area contributed by atoms with Gasteiger partial charge in [0.15, 0.2) is 5.82 Å². The lowest BCUT2D eigenvalue weighted by molar-refractivity contribution is -0.137. The van der Waals surface area contributed by atoms with Gasteiger partial charge in [0.25, 0.3) is 0 Å². The average Bonchev–Trinajstić information content (AvgIpc) is 2.88. The molecular formula is C27H26F3N5O2. The molecule has 4 aromatic rings. The van der Waals surface area contributed by atoms with Crippen LogP contribution in [0.4, 0.5) is 30.4 Å². The molecule has 0 bridgehead atoms. The second-order valence-electron chi connectivity index (χ2n) is 8.66. The predicted molar refractivity (Wildman–Crippen MR) is 138 cm³/mol. The van der Waals surface area contributed by atoms with E-state index >= 15 is 0 Å². The number of ether oxygens (including phenoxy) is 1. The Labute approximate surface area is 212 Å². The predicted octanol–water partition coefficient (Wildman–Crippen LogP) is 5.82. The first-order valence-corrected chi connectivity index (χ1v) is 11.5. The minimum Gasteiger partial charge on any atom is -0.465 e. The fourth-order valence-corrected chi connectivity index (χ4v) is 3.82. The number of aromatic nitrogens is 2. The molecule has 3 aromatic carbocycles. The molecule has 0 fully saturated rings.